The number of hydrogen-bond acceptors (Lipinski definition) is 4. The van der Waals surface area contributed by atoms with E-state index < -0.39 is 0 Å². The van der Waals surface area contributed by atoms with Gasteiger partial charge in [-0.2, -0.15) is 0 Å². The van der Waals surface area contributed by atoms with Gasteiger partial charge in [-0.1, -0.05) is 64.0 Å². The van der Waals surface area contributed by atoms with Gasteiger partial charge in [-0.25, -0.2) is 0 Å². The molecule has 1 aliphatic rings. The van der Waals surface area contributed by atoms with Crippen molar-refractivity contribution in [3.8, 4) is 11.5 Å². The normalized spacial score (nSPS) is 18.7. The lowest BCUT2D eigenvalue weighted by Crippen LogP contribution is -2.33. The summed E-state index contributed by atoms with van der Waals surface area (Å²) in [5, 5.41) is 14.2. The molecule has 2 N–H and O–H groups in total. The average molecular weight is 465 g/mol. The third-order valence-corrected chi connectivity index (χ3v) is 5.80. The highest BCUT2D eigenvalue weighted by Gasteiger charge is 2.29. The van der Waals surface area contributed by atoms with Crippen LogP contribution in [0.15, 0.2) is 76.2 Å². The summed E-state index contributed by atoms with van der Waals surface area (Å²) in [5.74, 6) is 1.10. The number of aromatic hydroxyl groups is 1. The molecule has 1 aliphatic heterocycles. The maximum atomic E-state index is 10.6. The molecule has 0 aromatic heterocycles. The van der Waals surface area contributed by atoms with Gasteiger partial charge in [0.2, 0.25) is 0 Å². The fraction of sp³-hybridized carbons (Fsp3) is 0.240. The SMILES string of the molecule is CCOc1ccccc1[C@@H]1N=C(c2ccc(C)cc2)C[C@@H](c2cc(Br)ccc2O)N1. The van der Waals surface area contributed by atoms with E-state index in [-0.39, 0.29) is 18.0 Å². The molecule has 4 rings (SSSR count). The minimum absolute atomic E-state index is 0.0871. The second-order valence-corrected chi connectivity index (χ2v) is 8.36. The molecule has 5 heteroatoms. The van der Waals surface area contributed by atoms with E-state index in [4.69, 9.17) is 9.73 Å². The van der Waals surface area contributed by atoms with E-state index in [9.17, 15) is 5.11 Å². The molecule has 4 nitrogen and oxygen atoms in total. The Morgan fingerprint density at radius 2 is 1.83 bits per heavy atom. The molecule has 0 unspecified atom stereocenters. The number of benzene rings is 3. The number of phenols is 1. The number of ether oxygens (including phenoxy) is 1. The molecule has 1 heterocycles. The lowest BCUT2D eigenvalue weighted by molar-refractivity contribution is 0.327. The van der Waals surface area contributed by atoms with Gasteiger partial charge in [-0.15, -0.1) is 0 Å². The van der Waals surface area contributed by atoms with Crippen LogP contribution in [-0.2, 0) is 0 Å². The third kappa shape index (κ3) is 4.42. The summed E-state index contributed by atoms with van der Waals surface area (Å²) >= 11 is 3.53. The molecule has 3 aromatic carbocycles. The van der Waals surface area contributed by atoms with Gasteiger partial charge in [0.25, 0.3) is 0 Å². The zero-order chi connectivity index (χ0) is 21.1. The van der Waals surface area contributed by atoms with Crippen LogP contribution >= 0.6 is 15.9 Å². The summed E-state index contributed by atoms with van der Waals surface area (Å²) in [5.41, 5.74) is 5.16. The van der Waals surface area contributed by atoms with E-state index in [2.05, 4.69) is 52.4 Å². The number of phenolic OH excluding ortho intramolecular Hbond substituents is 1. The summed E-state index contributed by atoms with van der Waals surface area (Å²) in [4.78, 5) is 5.05. The number of halogens is 1. The van der Waals surface area contributed by atoms with Crippen LogP contribution in [0.25, 0.3) is 0 Å². The topological polar surface area (TPSA) is 53.9 Å². The van der Waals surface area contributed by atoms with Crippen molar-refractivity contribution < 1.29 is 9.84 Å². The van der Waals surface area contributed by atoms with Crippen LogP contribution in [0.2, 0.25) is 0 Å². The summed E-state index contributed by atoms with van der Waals surface area (Å²) in [7, 11) is 0. The van der Waals surface area contributed by atoms with Gasteiger partial charge >= 0.3 is 0 Å². The van der Waals surface area contributed by atoms with Crippen molar-refractivity contribution in [1.82, 2.24) is 5.32 Å². The monoisotopic (exact) mass is 464 g/mol. The lowest BCUT2D eigenvalue weighted by atomic mass is 9.93. The molecule has 154 valence electrons. The molecule has 30 heavy (non-hydrogen) atoms. The molecule has 0 aliphatic carbocycles. The minimum atomic E-state index is -0.277. The number of para-hydroxylation sites is 1. The number of hydrogen-bond donors (Lipinski definition) is 2. The third-order valence-electron chi connectivity index (χ3n) is 5.30. The van der Waals surface area contributed by atoms with Crippen molar-refractivity contribution in [2.45, 2.75) is 32.5 Å². The Morgan fingerprint density at radius 1 is 1.07 bits per heavy atom. The molecule has 0 bridgehead atoms. The van der Waals surface area contributed by atoms with Gasteiger partial charge in [-0.3, -0.25) is 10.3 Å². The van der Waals surface area contributed by atoms with E-state index in [0.29, 0.717) is 13.0 Å². The number of rotatable bonds is 5. The number of nitrogens with one attached hydrogen (secondary N) is 1. The first kappa shape index (κ1) is 20.6. The second-order valence-electron chi connectivity index (χ2n) is 7.44. The highest BCUT2D eigenvalue weighted by atomic mass is 79.9. The fourth-order valence-corrected chi connectivity index (χ4v) is 4.16. The van der Waals surface area contributed by atoms with Gasteiger partial charge in [0.1, 0.15) is 17.7 Å². The van der Waals surface area contributed by atoms with Crippen molar-refractivity contribution in [2.24, 2.45) is 4.99 Å². The van der Waals surface area contributed by atoms with Crippen LogP contribution in [0.3, 0.4) is 0 Å². The van der Waals surface area contributed by atoms with E-state index in [0.717, 1.165) is 32.6 Å². The van der Waals surface area contributed by atoms with Crippen LogP contribution < -0.4 is 10.1 Å². The average Bonchev–Trinajstić information content (AvgIpc) is 2.76. The lowest BCUT2D eigenvalue weighted by Gasteiger charge is -2.31. The Bertz CT molecular complexity index is 1060. The van der Waals surface area contributed by atoms with E-state index >= 15 is 0 Å². The maximum absolute atomic E-state index is 10.6. The van der Waals surface area contributed by atoms with Crippen molar-refractivity contribution >= 4 is 21.6 Å². The Hall–Kier alpha value is -2.63. The van der Waals surface area contributed by atoms with Crippen LogP contribution in [-0.4, -0.2) is 17.4 Å². The Balaban J connectivity index is 1.79. The Kier molecular flexibility index (Phi) is 6.21. The summed E-state index contributed by atoms with van der Waals surface area (Å²) in [6, 6.07) is 21.9. The summed E-state index contributed by atoms with van der Waals surface area (Å²) in [6.07, 6.45) is 0.404. The molecule has 0 radical (unpaired) electrons. The van der Waals surface area contributed by atoms with Gasteiger partial charge in [0, 0.05) is 33.8 Å². The first-order chi connectivity index (χ1) is 14.5. The van der Waals surface area contributed by atoms with Crippen molar-refractivity contribution in [1.29, 1.82) is 0 Å². The van der Waals surface area contributed by atoms with E-state index in [1.807, 2.05) is 43.3 Å². The first-order valence-electron chi connectivity index (χ1n) is 10.1. The van der Waals surface area contributed by atoms with E-state index in [1.54, 1.807) is 6.07 Å². The maximum Gasteiger partial charge on any atom is 0.129 e. The molecule has 0 fully saturated rings. The van der Waals surface area contributed by atoms with Gasteiger partial charge in [0.05, 0.1) is 6.61 Å². The highest BCUT2D eigenvalue weighted by molar-refractivity contribution is 9.10. The Labute approximate surface area is 185 Å². The highest BCUT2D eigenvalue weighted by Crippen LogP contribution is 2.37. The molecular weight excluding hydrogens is 440 g/mol. The molecule has 3 aromatic rings. The fourth-order valence-electron chi connectivity index (χ4n) is 3.78. The number of nitrogens with zero attached hydrogens (tertiary/aromatic N) is 1. The van der Waals surface area contributed by atoms with Crippen molar-refractivity contribution in [3.63, 3.8) is 0 Å². The van der Waals surface area contributed by atoms with E-state index in [1.165, 1.54) is 5.56 Å². The zero-order valence-corrected chi connectivity index (χ0v) is 18.7. The molecule has 0 spiro atoms. The van der Waals surface area contributed by atoms with Crippen molar-refractivity contribution in [2.75, 3.05) is 6.61 Å². The number of aliphatic imine (C=N–C) groups is 1. The second kappa shape index (κ2) is 9.02. The zero-order valence-electron chi connectivity index (χ0n) is 17.1. The number of aryl methyl sites for hydroxylation is 1. The van der Waals surface area contributed by atoms with Crippen LogP contribution in [0.4, 0.5) is 0 Å². The van der Waals surface area contributed by atoms with Crippen LogP contribution in [0.5, 0.6) is 11.5 Å². The molecule has 0 saturated heterocycles. The summed E-state index contributed by atoms with van der Waals surface area (Å²) in [6.45, 7) is 4.65. The molecular formula is C25H25BrN2O2. The largest absolute Gasteiger partial charge is 0.508 e. The van der Waals surface area contributed by atoms with Gasteiger partial charge in [0.15, 0.2) is 0 Å². The minimum Gasteiger partial charge on any atom is -0.508 e. The van der Waals surface area contributed by atoms with Crippen molar-refractivity contribution in [3.05, 3.63) is 93.5 Å². The quantitative estimate of drug-likeness (QED) is 0.480. The first-order valence-corrected chi connectivity index (χ1v) is 10.9. The smallest absolute Gasteiger partial charge is 0.129 e. The Morgan fingerprint density at radius 3 is 2.60 bits per heavy atom. The standard InChI is InChI=1S/C25H25BrN2O2/c1-3-30-24-7-5-4-6-19(24)25-27-21(17-10-8-16(2)9-11-17)15-22(28-25)20-14-18(26)12-13-23(20)29/h4-14,22,25,28-29H,3,15H2,1-2H3/t22-,25+/m0/s1. The molecule has 0 saturated carbocycles. The van der Waals surface area contributed by atoms with Crippen LogP contribution in [0.1, 0.15) is 47.8 Å². The van der Waals surface area contributed by atoms with Crippen LogP contribution in [0, 0.1) is 6.92 Å². The van der Waals surface area contributed by atoms with Gasteiger partial charge in [-0.05, 0) is 43.7 Å². The summed E-state index contributed by atoms with van der Waals surface area (Å²) < 4.78 is 6.80. The molecule has 0 amide bonds. The van der Waals surface area contributed by atoms with Gasteiger partial charge < -0.3 is 9.84 Å². The predicted molar refractivity (Wildman–Crippen MR) is 124 cm³/mol. The molecule has 2 atom stereocenters. The predicted octanol–water partition coefficient (Wildman–Crippen LogP) is 6.08.